The van der Waals surface area contributed by atoms with E-state index in [9.17, 15) is 43.2 Å². The molecule has 0 aromatic carbocycles. The summed E-state index contributed by atoms with van der Waals surface area (Å²) in [6.45, 7) is 9.62. The van der Waals surface area contributed by atoms with Crippen molar-refractivity contribution in [1.29, 1.82) is 0 Å². The fourth-order valence-corrected chi connectivity index (χ4v) is 13.2. The number of aliphatic hydroxyl groups is 1. The summed E-state index contributed by atoms with van der Waals surface area (Å²) in [6, 6.07) is 0. The van der Waals surface area contributed by atoms with Crippen molar-refractivity contribution in [2.24, 2.45) is 11.8 Å². The second kappa shape index (κ2) is 67.9. The smallest absolute Gasteiger partial charge is 0.462 e. The molecule has 0 amide bonds. The minimum atomic E-state index is -4.96. The molecule has 3 N–H and O–H groups in total. The van der Waals surface area contributed by atoms with Gasteiger partial charge in [0.15, 0.2) is 12.2 Å². The first-order valence-electron chi connectivity index (χ1n) is 39.5. The van der Waals surface area contributed by atoms with Gasteiger partial charge in [-0.1, -0.05) is 343 Å². The van der Waals surface area contributed by atoms with E-state index in [0.29, 0.717) is 25.7 Å². The zero-order chi connectivity index (χ0) is 70.0. The van der Waals surface area contributed by atoms with Crippen molar-refractivity contribution in [3.8, 4) is 0 Å². The molecule has 0 saturated heterocycles. The maximum absolute atomic E-state index is 13.1. The summed E-state index contributed by atoms with van der Waals surface area (Å²) in [5.74, 6) is -0.546. The molecule has 564 valence electrons. The minimum absolute atomic E-state index is 0.108. The van der Waals surface area contributed by atoms with Crippen LogP contribution in [0.1, 0.15) is 395 Å². The summed E-state index contributed by atoms with van der Waals surface area (Å²) in [5.41, 5.74) is 0. The number of phosphoric ester groups is 2. The number of unbranched alkanes of at least 4 members (excludes halogenated alkanes) is 45. The lowest BCUT2D eigenvalue weighted by Crippen LogP contribution is -2.30. The molecule has 0 fully saturated rings. The second-order valence-corrected chi connectivity index (χ2v) is 31.3. The van der Waals surface area contributed by atoms with Gasteiger partial charge in [-0.25, -0.2) is 9.13 Å². The van der Waals surface area contributed by atoms with Crippen LogP contribution in [0.4, 0.5) is 0 Å². The fraction of sp³-hybridized carbons (Fsp3) is 0.947. The highest BCUT2D eigenvalue weighted by Crippen LogP contribution is 2.45. The van der Waals surface area contributed by atoms with E-state index in [1.54, 1.807) is 0 Å². The number of esters is 4. The van der Waals surface area contributed by atoms with E-state index in [1.807, 2.05) is 0 Å². The molecule has 0 aliphatic carbocycles. The van der Waals surface area contributed by atoms with Crippen LogP contribution in [0.3, 0.4) is 0 Å². The second-order valence-electron chi connectivity index (χ2n) is 28.3. The van der Waals surface area contributed by atoms with Gasteiger partial charge in [0.1, 0.15) is 19.3 Å². The molecule has 0 radical (unpaired) electrons. The average molecular weight is 1400 g/mol. The van der Waals surface area contributed by atoms with E-state index in [-0.39, 0.29) is 25.7 Å². The van der Waals surface area contributed by atoms with Gasteiger partial charge >= 0.3 is 39.5 Å². The van der Waals surface area contributed by atoms with Crippen LogP contribution >= 0.6 is 15.6 Å². The first-order valence-corrected chi connectivity index (χ1v) is 42.5. The molecule has 0 saturated carbocycles. The molecule has 0 rings (SSSR count). The predicted molar refractivity (Wildman–Crippen MR) is 386 cm³/mol. The molecule has 0 bridgehead atoms. The molecular weight excluding hydrogens is 1250 g/mol. The van der Waals surface area contributed by atoms with Crippen molar-refractivity contribution in [2.75, 3.05) is 39.6 Å². The monoisotopic (exact) mass is 1400 g/mol. The molecule has 19 heteroatoms. The lowest BCUT2D eigenvalue weighted by molar-refractivity contribution is -0.161. The zero-order valence-electron chi connectivity index (χ0n) is 62.0. The summed E-state index contributed by atoms with van der Waals surface area (Å²) < 4.78 is 68.5. The average Bonchev–Trinajstić information content (AvgIpc) is 2.10. The van der Waals surface area contributed by atoms with Gasteiger partial charge in [-0.15, -0.1) is 0 Å². The summed E-state index contributed by atoms with van der Waals surface area (Å²) in [4.78, 5) is 72.8. The van der Waals surface area contributed by atoms with Gasteiger partial charge in [-0.3, -0.25) is 37.3 Å². The van der Waals surface area contributed by atoms with Crippen LogP contribution < -0.4 is 0 Å². The molecule has 0 aliphatic heterocycles. The molecule has 0 spiro atoms. The SMILES string of the molecule is CCCCCCCCCCCCCCCC(=O)O[C@H](COC(=O)CCCCCCCCCCCC)COP(=O)(O)OC[C@H](O)COP(=O)(O)OC[C@@H](COC(=O)CCCCCCCCCCCCC(C)C)OC(=O)CCCCCCCCCCCCCCCCCCC(C)C. The van der Waals surface area contributed by atoms with Gasteiger partial charge in [0.2, 0.25) is 0 Å². The van der Waals surface area contributed by atoms with Crippen molar-refractivity contribution in [3.63, 3.8) is 0 Å². The van der Waals surface area contributed by atoms with E-state index < -0.39 is 97.5 Å². The van der Waals surface area contributed by atoms with Gasteiger partial charge in [0.25, 0.3) is 0 Å². The number of ether oxygens (including phenoxy) is 4. The van der Waals surface area contributed by atoms with Gasteiger partial charge in [-0.2, -0.15) is 0 Å². The molecule has 17 nitrogen and oxygen atoms in total. The number of carbonyl (C=O) groups is 4. The quantitative estimate of drug-likeness (QED) is 0.0222. The molecule has 5 atom stereocenters. The Hall–Kier alpha value is -1.94. The van der Waals surface area contributed by atoms with Crippen molar-refractivity contribution in [2.45, 2.75) is 413 Å². The van der Waals surface area contributed by atoms with E-state index in [2.05, 4.69) is 41.5 Å². The summed E-state index contributed by atoms with van der Waals surface area (Å²) in [6.07, 6.45) is 55.4. The Morgan fingerprint density at radius 3 is 0.716 bits per heavy atom. The highest BCUT2D eigenvalue weighted by molar-refractivity contribution is 7.47. The Balaban J connectivity index is 5.23. The largest absolute Gasteiger partial charge is 0.472 e. The Morgan fingerprint density at radius 2 is 0.484 bits per heavy atom. The zero-order valence-corrected chi connectivity index (χ0v) is 63.8. The number of phosphoric acid groups is 2. The Labute approximate surface area is 581 Å². The number of aliphatic hydroxyl groups excluding tert-OH is 1. The maximum atomic E-state index is 13.1. The number of carbonyl (C=O) groups excluding carboxylic acids is 4. The third-order valence-corrected chi connectivity index (χ3v) is 19.6. The van der Waals surface area contributed by atoms with E-state index in [1.165, 1.54) is 212 Å². The van der Waals surface area contributed by atoms with Crippen molar-refractivity contribution < 1.29 is 80.2 Å². The number of rotatable bonds is 75. The van der Waals surface area contributed by atoms with Crippen LogP contribution in [-0.2, 0) is 65.4 Å². The molecule has 95 heavy (non-hydrogen) atoms. The van der Waals surface area contributed by atoms with E-state index in [4.69, 9.17) is 37.0 Å². The number of hydrogen-bond acceptors (Lipinski definition) is 15. The summed E-state index contributed by atoms with van der Waals surface area (Å²) in [7, 11) is -9.91. The Kier molecular flexibility index (Phi) is 66.5. The maximum Gasteiger partial charge on any atom is 0.472 e. The summed E-state index contributed by atoms with van der Waals surface area (Å²) in [5, 5.41) is 10.6. The minimum Gasteiger partial charge on any atom is -0.462 e. The van der Waals surface area contributed by atoms with Crippen molar-refractivity contribution in [1.82, 2.24) is 0 Å². The van der Waals surface area contributed by atoms with E-state index in [0.717, 1.165) is 102 Å². The van der Waals surface area contributed by atoms with Crippen LogP contribution in [0.2, 0.25) is 0 Å². The van der Waals surface area contributed by atoms with Crippen LogP contribution in [0.25, 0.3) is 0 Å². The van der Waals surface area contributed by atoms with Crippen LogP contribution in [0.15, 0.2) is 0 Å². The Morgan fingerprint density at radius 1 is 0.284 bits per heavy atom. The van der Waals surface area contributed by atoms with E-state index >= 15 is 0 Å². The standard InChI is InChI=1S/C76H148O17P2/c1-7-9-11-13-15-17-19-24-28-36-42-48-54-60-75(80)92-71(64-86-73(78)58-52-46-40-34-18-16-14-12-10-8-2)66-90-94(82,83)88-62-70(77)63-89-95(84,85)91-67-72(65-87-74(79)59-53-47-41-35-31-30-33-39-45-51-57-69(5)6)93-76(81)61-55-49-43-37-29-26-23-21-20-22-25-27-32-38-44-50-56-68(3)4/h68-72,77H,7-67H2,1-6H3,(H,82,83)(H,84,85)/t70-,71+,72+/m0/s1. The predicted octanol–water partition coefficient (Wildman–Crippen LogP) is 22.3. The Bertz CT molecular complexity index is 1840. The first-order chi connectivity index (χ1) is 45.9. The first kappa shape index (κ1) is 93.1. The normalized spacial score (nSPS) is 14.0. The van der Waals surface area contributed by atoms with Crippen LogP contribution in [-0.4, -0.2) is 96.7 Å². The summed E-state index contributed by atoms with van der Waals surface area (Å²) >= 11 is 0. The lowest BCUT2D eigenvalue weighted by atomic mass is 10.0. The molecular formula is C76H148O17P2. The van der Waals surface area contributed by atoms with Crippen LogP contribution in [0, 0.1) is 11.8 Å². The highest BCUT2D eigenvalue weighted by Gasteiger charge is 2.30. The molecule has 0 heterocycles. The molecule has 0 aromatic heterocycles. The molecule has 0 aliphatic rings. The van der Waals surface area contributed by atoms with Gasteiger partial charge in [-0.05, 0) is 37.5 Å². The van der Waals surface area contributed by atoms with Crippen molar-refractivity contribution in [3.05, 3.63) is 0 Å². The number of hydrogen-bond donors (Lipinski definition) is 3. The van der Waals surface area contributed by atoms with Gasteiger partial charge in [0.05, 0.1) is 26.4 Å². The third-order valence-electron chi connectivity index (χ3n) is 17.7. The van der Waals surface area contributed by atoms with Crippen molar-refractivity contribution >= 4 is 39.5 Å². The highest BCUT2D eigenvalue weighted by atomic mass is 31.2. The molecule has 0 aromatic rings. The lowest BCUT2D eigenvalue weighted by Gasteiger charge is -2.21. The van der Waals surface area contributed by atoms with Gasteiger partial charge in [0, 0.05) is 25.7 Å². The topological polar surface area (TPSA) is 237 Å². The molecule has 2 unspecified atom stereocenters. The fourth-order valence-electron chi connectivity index (χ4n) is 11.7. The third kappa shape index (κ3) is 70.3. The van der Waals surface area contributed by atoms with Gasteiger partial charge < -0.3 is 33.8 Å². The van der Waals surface area contributed by atoms with Crippen LogP contribution in [0.5, 0.6) is 0 Å².